The summed E-state index contributed by atoms with van der Waals surface area (Å²) in [6.45, 7) is 2.49. The molecule has 0 radical (unpaired) electrons. The normalized spacial score (nSPS) is 14.8. The number of esters is 3. The predicted molar refractivity (Wildman–Crippen MR) is 380 cm³/mol. The summed E-state index contributed by atoms with van der Waals surface area (Å²) < 4.78 is 60.9. The number of carbonyl (C=O) groups excluding carboxylic acids is 3. The summed E-state index contributed by atoms with van der Waals surface area (Å²) in [7, 11) is -9.79. The van der Waals surface area contributed by atoms with E-state index in [-0.39, 0.29) is 19.3 Å². The number of aliphatic hydroxyl groups is 2. The topological polar surface area (TPSA) is 231 Å². The number of phosphoric acid groups is 2. The Morgan fingerprint density at radius 3 is 0.935 bits per heavy atom. The van der Waals surface area contributed by atoms with Gasteiger partial charge in [-0.15, -0.1) is 0 Å². The highest BCUT2D eigenvalue weighted by molar-refractivity contribution is 7.47. The highest BCUT2D eigenvalue weighted by atomic mass is 31.2. The molecule has 18 heteroatoms. The number of ether oxygens (including phenoxy) is 3. The van der Waals surface area contributed by atoms with Gasteiger partial charge in [-0.3, -0.25) is 32.5 Å². The molecule has 0 aliphatic carbocycles. The van der Waals surface area contributed by atoms with Gasteiger partial charge in [0.1, 0.15) is 25.4 Å². The molecule has 0 bridgehead atoms. The predicted octanol–water partition coefficient (Wildman–Crippen LogP) is 20.4. The first-order valence-electron chi connectivity index (χ1n) is 36.2. The molecule has 0 amide bonds. The van der Waals surface area contributed by atoms with Crippen molar-refractivity contribution < 1.29 is 75.8 Å². The lowest BCUT2D eigenvalue weighted by molar-refractivity contribution is -0.161. The second-order valence-electron chi connectivity index (χ2n) is 24.0. The Labute approximate surface area is 564 Å². The van der Waals surface area contributed by atoms with E-state index in [9.17, 15) is 43.5 Å². The standard InChI is InChI=1S/C75H130O16P2/c1-4-7-10-13-16-19-22-25-27-29-31-32-33-34-35-36-38-40-41-44-46-49-52-55-58-61-73(78)85-64-70(76)65-87-92(81,82)88-66-71(77)67-89-93(83,84)90-69-72(91-75(80)63-60-57-54-51-48-43-24-21-18-15-12-9-6-3)68-86-74(79)62-59-56-53-50-47-45-42-39-37-30-28-26-23-20-17-14-11-8-5-2/h7,10,16-17,19-21,24-28,31-32,34-35,37,39,70-72,76-77H,4-6,8-9,11-15,18,22-23,29-30,33,36,38,40-69H2,1-3H3,(H,81,82)(H,83,84)/b10-7-,19-16-,20-17-,24-21-,27-25-,28-26-,32-31-,35-34-,39-37-. The van der Waals surface area contributed by atoms with Crippen LogP contribution in [-0.2, 0) is 55.8 Å². The van der Waals surface area contributed by atoms with Crippen LogP contribution in [0.4, 0.5) is 0 Å². The van der Waals surface area contributed by atoms with E-state index < -0.39 is 91.5 Å². The van der Waals surface area contributed by atoms with Crippen LogP contribution in [-0.4, -0.2) is 95.9 Å². The Balaban J connectivity index is 4.57. The van der Waals surface area contributed by atoms with E-state index in [0.29, 0.717) is 19.3 Å². The highest BCUT2D eigenvalue weighted by Gasteiger charge is 2.29. The minimum Gasteiger partial charge on any atom is -0.463 e. The number of phosphoric ester groups is 2. The molecule has 0 fully saturated rings. The average molecular weight is 1350 g/mol. The van der Waals surface area contributed by atoms with E-state index >= 15 is 0 Å². The van der Waals surface area contributed by atoms with Crippen molar-refractivity contribution in [2.24, 2.45) is 0 Å². The van der Waals surface area contributed by atoms with Crippen LogP contribution in [0.25, 0.3) is 0 Å². The first kappa shape index (κ1) is 89.2. The lowest BCUT2D eigenvalue weighted by Gasteiger charge is -2.21. The number of unbranched alkanes of at least 4 members (excludes halogenated alkanes) is 27. The second kappa shape index (κ2) is 68.2. The smallest absolute Gasteiger partial charge is 0.463 e. The molecule has 0 aromatic carbocycles. The van der Waals surface area contributed by atoms with Gasteiger partial charge in [-0.2, -0.15) is 0 Å². The van der Waals surface area contributed by atoms with Crippen molar-refractivity contribution >= 4 is 33.6 Å². The molecule has 0 saturated heterocycles. The molecule has 0 aromatic rings. The number of hydrogen-bond donors (Lipinski definition) is 4. The van der Waals surface area contributed by atoms with Gasteiger partial charge < -0.3 is 34.2 Å². The van der Waals surface area contributed by atoms with E-state index in [1.54, 1.807) is 0 Å². The summed E-state index contributed by atoms with van der Waals surface area (Å²) in [5, 5.41) is 20.6. The van der Waals surface area contributed by atoms with Crippen LogP contribution in [0.1, 0.15) is 290 Å². The van der Waals surface area contributed by atoms with E-state index in [1.165, 1.54) is 70.6 Å². The molecular formula is C75H130O16P2. The van der Waals surface area contributed by atoms with Gasteiger partial charge in [0.15, 0.2) is 6.10 Å². The molecule has 0 spiro atoms. The molecule has 4 N–H and O–H groups in total. The van der Waals surface area contributed by atoms with Crippen LogP contribution in [0.5, 0.6) is 0 Å². The van der Waals surface area contributed by atoms with Crippen LogP contribution < -0.4 is 0 Å². The van der Waals surface area contributed by atoms with E-state index in [1.807, 2.05) is 0 Å². The van der Waals surface area contributed by atoms with Crippen LogP contribution in [0.15, 0.2) is 109 Å². The molecule has 0 heterocycles. The quantitative estimate of drug-likeness (QED) is 0.0146. The lowest BCUT2D eigenvalue weighted by Crippen LogP contribution is -2.30. The fraction of sp³-hybridized carbons (Fsp3) is 0.720. The minimum absolute atomic E-state index is 0.0907. The van der Waals surface area contributed by atoms with E-state index in [0.717, 1.165) is 161 Å². The van der Waals surface area contributed by atoms with Gasteiger partial charge in [0.25, 0.3) is 0 Å². The maximum Gasteiger partial charge on any atom is 0.472 e. The zero-order chi connectivity index (χ0) is 68.1. The number of allylic oxidation sites excluding steroid dienone is 18. The molecule has 93 heavy (non-hydrogen) atoms. The molecule has 0 rings (SSSR count). The Morgan fingerprint density at radius 1 is 0.312 bits per heavy atom. The number of aliphatic hydroxyl groups excluding tert-OH is 2. The fourth-order valence-electron chi connectivity index (χ4n) is 9.42. The monoisotopic (exact) mass is 1350 g/mol. The maximum absolute atomic E-state index is 12.9. The molecule has 536 valence electrons. The van der Waals surface area contributed by atoms with Crippen molar-refractivity contribution in [3.05, 3.63) is 109 Å². The first-order valence-corrected chi connectivity index (χ1v) is 39.2. The average Bonchev–Trinajstić information content (AvgIpc) is 3.74. The Morgan fingerprint density at radius 2 is 0.570 bits per heavy atom. The highest BCUT2D eigenvalue weighted by Crippen LogP contribution is 2.45. The van der Waals surface area contributed by atoms with Gasteiger partial charge in [0.05, 0.1) is 26.4 Å². The minimum atomic E-state index is -4.93. The van der Waals surface area contributed by atoms with Crippen molar-refractivity contribution in [3.8, 4) is 0 Å². The zero-order valence-corrected chi connectivity index (χ0v) is 59.9. The zero-order valence-electron chi connectivity index (χ0n) is 58.1. The largest absolute Gasteiger partial charge is 0.472 e. The molecule has 0 saturated carbocycles. The van der Waals surface area contributed by atoms with Crippen molar-refractivity contribution in [1.82, 2.24) is 0 Å². The van der Waals surface area contributed by atoms with Crippen LogP contribution >= 0.6 is 15.6 Å². The Kier molecular flexibility index (Phi) is 65.4. The molecule has 16 nitrogen and oxygen atoms in total. The van der Waals surface area contributed by atoms with Gasteiger partial charge in [-0.05, 0) is 128 Å². The molecular weight excluding hydrogens is 1220 g/mol. The van der Waals surface area contributed by atoms with Gasteiger partial charge in [0.2, 0.25) is 0 Å². The van der Waals surface area contributed by atoms with E-state index in [4.69, 9.17) is 32.3 Å². The summed E-state index contributed by atoms with van der Waals surface area (Å²) in [6.07, 6.45) is 77.1. The van der Waals surface area contributed by atoms with Crippen molar-refractivity contribution in [3.63, 3.8) is 0 Å². The van der Waals surface area contributed by atoms with Gasteiger partial charge in [-0.1, -0.05) is 252 Å². The number of carbonyl (C=O) groups is 3. The summed E-state index contributed by atoms with van der Waals surface area (Å²) in [4.78, 5) is 58.4. The van der Waals surface area contributed by atoms with Crippen molar-refractivity contribution in [1.29, 1.82) is 0 Å². The third kappa shape index (κ3) is 69.4. The molecule has 0 aliphatic rings. The third-order valence-corrected chi connectivity index (χ3v) is 16.9. The van der Waals surface area contributed by atoms with Crippen LogP contribution in [0.2, 0.25) is 0 Å². The number of rotatable bonds is 68. The molecule has 0 aliphatic heterocycles. The SMILES string of the molecule is CC/C=C\C/C=C\C/C=C\C/C=C\C/C=C\CCCCCCCCCCCC(=O)OCC(O)COP(=O)(O)OCC(O)COP(=O)(O)OCC(COC(=O)CCCCCCCC/C=C\C/C=C\C/C=C\CCCCC)OC(=O)CCCCCCC/C=C\CCCCCC. The summed E-state index contributed by atoms with van der Waals surface area (Å²) in [6, 6.07) is 0. The van der Waals surface area contributed by atoms with Crippen LogP contribution in [0, 0.1) is 0 Å². The Hall–Kier alpha value is -3.79. The summed E-state index contributed by atoms with van der Waals surface area (Å²) >= 11 is 0. The number of hydrogen-bond acceptors (Lipinski definition) is 14. The lowest BCUT2D eigenvalue weighted by atomic mass is 10.1. The van der Waals surface area contributed by atoms with Crippen molar-refractivity contribution in [2.45, 2.75) is 309 Å². The van der Waals surface area contributed by atoms with Gasteiger partial charge in [-0.25, -0.2) is 9.13 Å². The second-order valence-corrected chi connectivity index (χ2v) is 26.9. The molecule has 5 unspecified atom stereocenters. The fourth-order valence-corrected chi connectivity index (χ4v) is 11.0. The molecule has 5 atom stereocenters. The molecule has 0 aromatic heterocycles. The van der Waals surface area contributed by atoms with Crippen LogP contribution in [0.3, 0.4) is 0 Å². The third-order valence-electron chi connectivity index (χ3n) is 15.0. The van der Waals surface area contributed by atoms with Gasteiger partial charge in [0, 0.05) is 19.3 Å². The van der Waals surface area contributed by atoms with Crippen molar-refractivity contribution in [2.75, 3.05) is 39.6 Å². The van der Waals surface area contributed by atoms with E-state index in [2.05, 4.69) is 130 Å². The maximum atomic E-state index is 12.9. The summed E-state index contributed by atoms with van der Waals surface area (Å²) in [5.74, 6) is -1.60. The summed E-state index contributed by atoms with van der Waals surface area (Å²) in [5.41, 5.74) is 0. The van der Waals surface area contributed by atoms with Gasteiger partial charge >= 0.3 is 33.6 Å². The first-order chi connectivity index (χ1) is 45.2. The Bertz CT molecular complexity index is 2130.